The first-order chi connectivity index (χ1) is 7.05. The lowest BCUT2D eigenvalue weighted by atomic mass is 10.1. The zero-order valence-electron chi connectivity index (χ0n) is 9.53. The van der Waals surface area contributed by atoms with E-state index >= 15 is 0 Å². The van der Waals surface area contributed by atoms with E-state index in [-0.39, 0.29) is 5.54 Å². The van der Waals surface area contributed by atoms with Gasteiger partial charge in [-0.15, -0.1) is 5.10 Å². The van der Waals surface area contributed by atoms with Crippen LogP contribution in [0.3, 0.4) is 0 Å². The molecule has 0 spiro atoms. The minimum Gasteiger partial charge on any atom is -0.378 e. The third-order valence-corrected chi connectivity index (χ3v) is 2.44. The minimum absolute atomic E-state index is 0.00479. The maximum Gasteiger partial charge on any atom is 0.0965 e. The van der Waals surface area contributed by atoms with Crippen LogP contribution in [0.5, 0.6) is 0 Å². The van der Waals surface area contributed by atoms with Gasteiger partial charge in [-0.2, -0.15) is 0 Å². The van der Waals surface area contributed by atoms with E-state index in [1.165, 1.54) is 0 Å². The van der Waals surface area contributed by atoms with Crippen molar-refractivity contribution in [3.63, 3.8) is 0 Å². The van der Waals surface area contributed by atoms with Crippen molar-refractivity contribution in [2.24, 2.45) is 0 Å². The molecule has 0 atom stereocenters. The van der Waals surface area contributed by atoms with Crippen LogP contribution in [0.25, 0.3) is 0 Å². The molecular weight excluding hydrogens is 192 g/mol. The summed E-state index contributed by atoms with van der Waals surface area (Å²) in [6, 6.07) is 0.491. The van der Waals surface area contributed by atoms with Crippen LogP contribution in [0.15, 0.2) is 6.20 Å². The number of hydrogen-bond donors (Lipinski definition) is 1. The molecule has 0 amide bonds. The standard InChI is InChI=1S/C10H18N4O/c1-10(2,3)14-5-8(12-13-14)4-11-9-6-15-7-9/h5,9,11H,4,6-7H2,1-3H3. The summed E-state index contributed by atoms with van der Waals surface area (Å²) < 4.78 is 6.97. The van der Waals surface area contributed by atoms with Crippen LogP contribution in [0.1, 0.15) is 26.5 Å². The molecule has 0 unspecified atom stereocenters. The highest BCUT2D eigenvalue weighted by Gasteiger charge is 2.19. The van der Waals surface area contributed by atoms with Crippen LogP contribution >= 0.6 is 0 Å². The van der Waals surface area contributed by atoms with Gasteiger partial charge in [-0.05, 0) is 20.8 Å². The first kappa shape index (κ1) is 10.6. The Morgan fingerprint density at radius 3 is 2.73 bits per heavy atom. The Kier molecular flexibility index (Phi) is 2.75. The molecule has 1 fully saturated rings. The number of ether oxygens (including phenoxy) is 1. The zero-order chi connectivity index (χ0) is 10.9. The maximum atomic E-state index is 5.08. The summed E-state index contributed by atoms with van der Waals surface area (Å²) in [6.07, 6.45) is 1.99. The highest BCUT2D eigenvalue weighted by molar-refractivity contribution is 4.95. The number of rotatable bonds is 3. The molecule has 0 saturated carbocycles. The Bertz CT molecular complexity index is 324. The van der Waals surface area contributed by atoms with Gasteiger partial charge in [-0.25, -0.2) is 4.68 Å². The Morgan fingerprint density at radius 1 is 1.53 bits per heavy atom. The van der Waals surface area contributed by atoms with E-state index in [4.69, 9.17) is 4.74 Å². The molecule has 5 nitrogen and oxygen atoms in total. The van der Waals surface area contributed by atoms with E-state index in [2.05, 4.69) is 36.4 Å². The average molecular weight is 210 g/mol. The Hall–Kier alpha value is -0.940. The van der Waals surface area contributed by atoms with Crippen molar-refractivity contribution in [2.75, 3.05) is 13.2 Å². The van der Waals surface area contributed by atoms with Crippen LogP contribution in [0.4, 0.5) is 0 Å². The zero-order valence-corrected chi connectivity index (χ0v) is 9.53. The third-order valence-electron chi connectivity index (χ3n) is 2.44. The molecule has 15 heavy (non-hydrogen) atoms. The van der Waals surface area contributed by atoms with E-state index < -0.39 is 0 Å². The number of nitrogens with zero attached hydrogens (tertiary/aromatic N) is 3. The molecule has 1 aliphatic rings. The normalized spacial score (nSPS) is 17.8. The molecule has 0 aliphatic carbocycles. The summed E-state index contributed by atoms with van der Waals surface area (Å²) in [7, 11) is 0. The molecule has 1 aromatic heterocycles. The molecule has 0 aromatic carbocycles. The fourth-order valence-electron chi connectivity index (χ4n) is 1.31. The Morgan fingerprint density at radius 2 is 2.27 bits per heavy atom. The quantitative estimate of drug-likeness (QED) is 0.790. The molecule has 0 bridgehead atoms. The van der Waals surface area contributed by atoms with Crippen molar-refractivity contribution in [2.45, 2.75) is 38.9 Å². The van der Waals surface area contributed by atoms with E-state index in [0.717, 1.165) is 25.5 Å². The number of nitrogens with one attached hydrogen (secondary N) is 1. The minimum atomic E-state index is 0.00479. The third kappa shape index (κ3) is 2.54. The Labute approximate surface area is 89.8 Å². The predicted octanol–water partition coefficient (Wildman–Crippen LogP) is 0.521. The van der Waals surface area contributed by atoms with E-state index in [9.17, 15) is 0 Å². The second-order valence-electron chi connectivity index (χ2n) is 4.94. The van der Waals surface area contributed by atoms with Crippen molar-refractivity contribution in [1.82, 2.24) is 20.3 Å². The fraction of sp³-hybridized carbons (Fsp3) is 0.800. The van der Waals surface area contributed by atoms with Gasteiger partial charge in [0.2, 0.25) is 0 Å². The Balaban J connectivity index is 1.89. The molecule has 5 heteroatoms. The highest BCUT2D eigenvalue weighted by atomic mass is 16.5. The smallest absolute Gasteiger partial charge is 0.0965 e. The molecular formula is C10H18N4O. The first-order valence-corrected chi connectivity index (χ1v) is 5.28. The van der Waals surface area contributed by atoms with Crippen LogP contribution in [0.2, 0.25) is 0 Å². The molecule has 1 saturated heterocycles. The lowest BCUT2D eigenvalue weighted by Crippen LogP contribution is -2.45. The second-order valence-corrected chi connectivity index (χ2v) is 4.94. The van der Waals surface area contributed by atoms with Gasteiger partial charge >= 0.3 is 0 Å². The van der Waals surface area contributed by atoms with Crippen molar-refractivity contribution >= 4 is 0 Å². The lowest BCUT2D eigenvalue weighted by molar-refractivity contribution is -0.00591. The van der Waals surface area contributed by atoms with E-state index in [1.54, 1.807) is 0 Å². The second kappa shape index (κ2) is 3.90. The van der Waals surface area contributed by atoms with Crippen LogP contribution in [0, 0.1) is 0 Å². The number of hydrogen-bond acceptors (Lipinski definition) is 4. The molecule has 0 radical (unpaired) electrons. The van der Waals surface area contributed by atoms with Crippen molar-refractivity contribution in [1.29, 1.82) is 0 Å². The van der Waals surface area contributed by atoms with Crippen LogP contribution in [-0.2, 0) is 16.8 Å². The maximum absolute atomic E-state index is 5.08. The van der Waals surface area contributed by atoms with Gasteiger partial charge < -0.3 is 10.1 Å². The van der Waals surface area contributed by atoms with Gasteiger partial charge in [0.25, 0.3) is 0 Å². The van der Waals surface area contributed by atoms with Crippen molar-refractivity contribution in [3.8, 4) is 0 Å². The summed E-state index contributed by atoms with van der Waals surface area (Å²) in [5, 5.41) is 11.6. The monoisotopic (exact) mass is 210 g/mol. The van der Waals surface area contributed by atoms with Gasteiger partial charge in [-0.1, -0.05) is 5.21 Å². The van der Waals surface area contributed by atoms with Gasteiger partial charge in [0.05, 0.1) is 36.7 Å². The van der Waals surface area contributed by atoms with Gasteiger partial charge in [0.15, 0.2) is 0 Å². The molecule has 1 aromatic rings. The van der Waals surface area contributed by atoms with E-state index in [0.29, 0.717) is 6.04 Å². The van der Waals surface area contributed by atoms with Crippen molar-refractivity contribution in [3.05, 3.63) is 11.9 Å². The topological polar surface area (TPSA) is 52.0 Å². The summed E-state index contributed by atoms with van der Waals surface area (Å²) in [4.78, 5) is 0. The van der Waals surface area contributed by atoms with Crippen molar-refractivity contribution < 1.29 is 4.74 Å². The average Bonchev–Trinajstić information content (AvgIpc) is 2.48. The van der Waals surface area contributed by atoms with Gasteiger partial charge in [0.1, 0.15) is 0 Å². The molecule has 2 rings (SSSR count). The molecule has 84 valence electrons. The van der Waals surface area contributed by atoms with Crippen LogP contribution in [-0.4, -0.2) is 34.2 Å². The van der Waals surface area contributed by atoms with E-state index in [1.807, 2.05) is 10.9 Å². The fourth-order valence-corrected chi connectivity index (χ4v) is 1.31. The summed E-state index contributed by atoms with van der Waals surface area (Å²) in [5.74, 6) is 0. The SMILES string of the molecule is CC(C)(C)n1cc(CNC2COC2)nn1. The molecule has 2 heterocycles. The van der Waals surface area contributed by atoms with Gasteiger partial charge in [-0.3, -0.25) is 0 Å². The molecule has 1 N–H and O–H groups in total. The van der Waals surface area contributed by atoms with Crippen LogP contribution < -0.4 is 5.32 Å². The highest BCUT2D eigenvalue weighted by Crippen LogP contribution is 2.11. The summed E-state index contributed by atoms with van der Waals surface area (Å²) in [6.45, 7) is 8.72. The number of aromatic nitrogens is 3. The molecule has 1 aliphatic heterocycles. The summed E-state index contributed by atoms with van der Waals surface area (Å²) in [5.41, 5.74) is 0.988. The summed E-state index contributed by atoms with van der Waals surface area (Å²) >= 11 is 0. The largest absolute Gasteiger partial charge is 0.378 e. The first-order valence-electron chi connectivity index (χ1n) is 5.28. The lowest BCUT2D eigenvalue weighted by Gasteiger charge is -2.26. The van der Waals surface area contributed by atoms with Gasteiger partial charge in [0, 0.05) is 6.54 Å². The predicted molar refractivity (Wildman–Crippen MR) is 56.5 cm³/mol.